The molecule has 0 fully saturated rings. The van der Waals surface area contributed by atoms with Crippen molar-refractivity contribution in [2.24, 2.45) is 0 Å². The number of rotatable bonds is 11. The van der Waals surface area contributed by atoms with Crippen molar-refractivity contribution in [2.75, 3.05) is 26.3 Å². The Kier molecular flexibility index (Phi) is 9.38. The van der Waals surface area contributed by atoms with Crippen LogP contribution in [0.1, 0.15) is 51.0 Å². The Bertz CT molecular complexity index is 299. The largest absolute Gasteiger partial charge is 0.381 e. The Balaban J connectivity index is 1.93. The molecule has 0 radical (unpaired) electrons. The van der Waals surface area contributed by atoms with E-state index in [-0.39, 0.29) is 0 Å². The minimum absolute atomic E-state index is 0.634. The number of nitrogens with one attached hydrogen (secondary N) is 1. The fourth-order valence-electron chi connectivity index (χ4n) is 2.04. The lowest BCUT2D eigenvalue weighted by Crippen LogP contribution is -2.19. The van der Waals surface area contributed by atoms with Crippen LogP contribution in [0.5, 0.6) is 0 Å². The normalized spacial score (nSPS) is 12.5. The van der Waals surface area contributed by atoms with Crippen LogP contribution in [0, 0.1) is 0 Å². The summed E-state index contributed by atoms with van der Waals surface area (Å²) in [5.74, 6) is 0.634. The second kappa shape index (κ2) is 11.0. The van der Waals surface area contributed by atoms with E-state index in [9.17, 15) is 0 Å². The quantitative estimate of drug-likeness (QED) is 0.610. The average molecular weight is 263 g/mol. The monoisotopic (exact) mass is 263 g/mol. The maximum atomic E-state index is 5.53. The first kappa shape index (κ1) is 16.2. The van der Waals surface area contributed by atoms with Gasteiger partial charge >= 0.3 is 0 Å². The highest BCUT2D eigenvalue weighted by Crippen LogP contribution is 2.17. The van der Waals surface area contributed by atoms with Crippen LogP contribution >= 0.6 is 0 Å². The predicted molar refractivity (Wildman–Crippen MR) is 82.7 cm³/mol. The van der Waals surface area contributed by atoms with Crippen molar-refractivity contribution in [3.63, 3.8) is 0 Å². The van der Waals surface area contributed by atoms with Gasteiger partial charge in [0.15, 0.2) is 0 Å². The molecule has 0 spiro atoms. The molecule has 1 aromatic carbocycles. The van der Waals surface area contributed by atoms with Gasteiger partial charge in [-0.05, 0) is 43.8 Å². The molecule has 1 aromatic rings. The standard InChI is InChI=1S/C17H29NO/c1-3-4-14-19-15-8-12-18-13-11-16(2)17-9-6-5-7-10-17/h5-7,9-10,16,18H,3-4,8,11-15H2,1-2H3. The van der Waals surface area contributed by atoms with Crippen molar-refractivity contribution in [3.8, 4) is 0 Å². The zero-order chi connectivity index (χ0) is 13.8. The van der Waals surface area contributed by atoms with Gasteiger partial charge in [0, 0.05) is 13.2 Å². The molecule has 0 amide bonds. The molecule has 2 heteroatoms. The van der Waals surface area contributed by atoms with Gasteiger partial charge in [-0.3, -0.25) is 0 Å². The van der Waals surface area contributed by atoms with E-state index >= 15 is 0 Å². The van der Waals surface area contributed by atoms with E-state index in [1.165, 1.54) is 24.8 Å². The molecule has 0 saturated heterocycles. The van der Waals surface area contributed by atoms with Gasteiger partial charge in [-0.25, -0.2) is 0 Å². The first-order valence-corrected chi connectivity index (χ1v) is 7.68. The van der Waals surface area contributed by atoms with Gasteiger partial charge < -0.3 is 10.1 Å². The lowest BCUT2D eigenvalue weighted by atomic mass is 9.98. The molecule has 0 aliphatic carbocycles. The van der Waals surface area contributed by atoms with Crippen molar-refractivity contribution < 1.29 is 4.74 Å². The van der Waals surface area contributed by atoms with Crippen molar-refractivity contribution in [2.45, 2.75) is 45.4 Å². The molecular weight excluding hydrogens is 234 g/mol. The van der Waals surface area contributed by atoms with Crippen LogP contribution in [0.3, 0.4) is 0 Å². The number of hydrogen-bond acceptors (Lipinski definition) is 2. The lowest BCUT2D eigenvalue weighted by Gasteiger charge is -2.12. The summed E-state index contributed by atoms with van der Waals surface area (Å²) >= 11 is 0. The molecule has 1 unspecified atom stereocenters. The maximum absolute atomic E-state index is 5.53. The molecule has 2 nitrogen and oxygen atoms in total. The summed E-state index contributed by atoms with van der Waals surface area (Å²) in [5, 5.41) is 3.50. The van der Waals surface area contributed by atoms with Crippen LogP contribution in [-0.2, 0) is 4.74 Å². The second-order valence-electron chi connectivity index (χ2n) is 5.17. The Morgan fingerprint density at radius 1 is 1.05 bits per heavy atom. The zero-order valence-corrected chi connectivity index (χ0v) is 12.5. The molecule has 0 aliphatic rings. The third kappa shape index (κ3) is 8.02. The predicted octanol–water partition coefficient (Wildman–Crippen LogP) is 3.98. The summed E-state index contributed by atoms with van der Waals surface area (Å²) in [7, 11) is 0. The van der Waals surface area contributed by atoms with E-state index in [0.717, 1.165) is 32.7 Å². The van der Waals surface area contributed by atoms with Gasteiger partial charge in [-0.2, -0.15) is 0 Å². The van der Waals surface area contributed by atoms with Gasteiger partial charge in [-0.1, -0.05) is 50.6 Å². The number of hydrogen-bond donors (Lipinski definition) is 1. The highest BCUT2D eigenvalue weighted by Gasteiger charge is 2.03. The summed E-state index contributed by atoms with van der Waals surface area (Å²) in [6.07, 6.45) is 4.71. The molecule has 0 aromatic heterocycles. The fourth-order valence-corrected chi connectivity index (χ4v) is 2.04. The van der Waals surface area contributed by atoms with Crippen LogP contribution in [0.25, 0.3) is 0 Å². The third-order valence-electron chi connectivity index (χ3n) is 3.41. The van der Waals surface area contributed by atoms with E-state index in [2.05, 4.69) is 49.5 Å². The fraction of sp³-hybridized carbons (Fsp3) is 0.647. The number of unbranched alkanes of at least 4 members (excludes halogenated alkanes) is 1. The molecular formula is C17H29NO. The van der Waals surface area contributed by atoms with E-state index in [1.807, 2.05) is 0 Å². The molecule has 0 aliphatic heterocycles. The van der Waals surface area contributed by atoms with Crippen molar-refractivity contribution in [3.05, 3.63) is 35.9 Å². The molecule has 1 N–H and O–H groups in total. The summed E-state index contributed by atoms with van der Waals surface area (Å²) in [4.78, 5) is 0. The van der Waals surface area contributed by atoms with Gasteiger partial charge in [0.2, 0.25) is 0 Å². The Morgan fingerprint density at radius 2 is 1.79 bits per heavy atom. The minimum atomic E-state index is 0.634. The van der Waals surface area contributed by atoms with Crippen LogP contribution < -0.4 is 5.32 Å². The average Bonchev–Trinajstić information content (AvgIpc) is 2.46. The zero-order valence-electron chi connectivity index (χ0n) is 12.5. The molecule has 1 rings (SSSR count). The Morgan fingerprint density at radius 3 is 2.53 bits per heavy atom. The molecule has 1 atom stereocenters. The molecule has 108 valence electrons. The van der Waals surface area contributed by atoms with Crippen LogP contribution in [0.15, 0.2) is 30.3 Å². The lowest BCUT2D eigenvalue weighted by molar-refractivity contribution is 0.129. The number of ether oxygens (including phenoxy) is 1. The number of benzene rings is 1. The van der Waals surface area contributed by atoms with Crippen LogP contribution in [0.4, 0.5) is 0 Å². The van der Waals surface area contributed by atoms with Crippen molar-refractivity contribution in [1.82, 2.24) is 5.32 Å². The van der Waals surface area contributed by atoms with Gasteiger partial charge in [0.05, 0.1) is 0 Å². The molecule has 19 heavy (non-hydrogen) atoms. The van der Waals surface area contributed by atoms with E-state index in [1.54, 1.807) is 0 Å². The third-order valence-corrected chi connectivity index (χ3v) is 3.41. The summed E-state index contributed by atoms with van der Waals surface area (Å²) in [6, 6.07) is 10.7. The van der Waals surface area contributed by atoms with Crippen LogP contribution in [-0.4, -0.2) is 26.3 Å². The molecule has 0 heterocycles. The summed E-state index contributed by atoms with van der Waals surface area (Å²) in [5.41, 5.74) is 1.44. The Labute approximate surface area is 118 Å². The maximum Gasteiger partial charge on any atom is 0.0478 e. The van der Waals surface area contributed by atoms with Crippen LogP contribution in [0.2, 0.25) is 0 Å². The van der Waals surface area contributed by atoms with Gasteiger partial charge in [0.1, 0.15) is 0 Å². The smallest absolute Gasteiger partial charge is 0.0478 e. The van der Waals surface area contributed by atoms with Crippen molar-refractivity contribution in [1.29, 1.82) is 0 Å². The minimum Gasteiger partial charge on any atom is -0.381 e. The molecule has 0 bridgehead atoms. The Hall–Kier alpha value is -0.860. The van der Waals surface area contributed by atoms with E-state index < -0.39 is 0 Å². The van der Waals surface area contributed by atoms with E-state index in [0.29, 0.717) is 5.92 Å². The second-order valence-corrected chi connectivity index (χ2v) is 5.17. The topological polar surface area (TPSA) is 21.3 Å². The van der Waals surface area contributed by atoms with Gasteiger partial charge in [-0.15, -0.1) is 0 Å². The van der Waals surface area contributed by atoms with E-state index in [4.69, 9.17) is 4.74 Å². The highest BCUT2D eigenvalue weighted by atomic mass is 16.5. The summed E-state index contributed by atoms with van der Waals surface area (Å²) in [6.45, 7) is 8.45. The van der Waals surface area contributed by atoms with Gasteiger partial charge in [0.25, 0.3) is 0 Å². The van der Waals surface area contributed by atoms with Crippen molar-refractivity contribution >= 4 is 0 Å². The first-order valence-electron chi connectivity index (χ1n) is 7.68. The summed E-state index contributed by atoms with van der Waals surface area (Å²) < 4.78 is 5.53. The first-order chi connectivity index (χ1) is 9.34. The SMILES string of the molecule is CCCCOCCCNCCC(C)c1ccccc1. The molecule has 0 saturated carbocycles. The highest BCUT2D eigenvalue weighted by molar-refractivity contribution is 5.18.